The van der Waals surface area contributed by atoms with E-state index in [4.69, 9.17) is 0 Å². The van der Waals surface area contributed by atoms with Crippen molar-refractivity contribution < 1.29 is 18.0 Å². The van der Waals surface area contributed by atoms with Crippen LogP contribution in [0.15, 0.2) is 24.3 Å². The molecule has 2 unspecified atom stereocenters. The third-order valence-corrected chi connectivity index (χ3v) is 2.86. The van der Waals surface area contributed by atoms with E-state index in [-0.39, 0.29) is 11.6 Å². The lowest BCUT2D eigenvalue weighted by atomic mass is 9.97. The van der Waals surface area contributed by atoms with Gasteiger partial charge in [0.2, 0.25) is 5.91 Å². The van der Waals surface area contributed by atoms with Gasteiger partial charge in [-0.1, -0.05) is 18.2 Å². The molecule has 1 amide bonds. The third kappa shape index (κ3) is 2.48. The van der Waals surface area contributed by atoms with Crippen molar-refractivity contribution in [1.82, 2.24) is 10.6 Å². The van der Waals surface area contributed by atoms with E-state index in [9.17, 15) is 18.0 Å². The Bertz CT molecular complexity index is 459. The highest BCUT2D eigenvalue weighted by molar-refractivity contribution is 5.84. The fourth-order valence-corrected chi connectivity index (χ4v) is 2.02. The summed E-state index contributed by atoms with van der Waals surface area (Å²) in [7, 11) is 0. The lowest BCUT2D eigenvalue weighted by Gasteiger charge is -2.29. The molecule has 1 aromatic rings. The number of halogens is 3. The number of nitrogens with one attached hydrogen (secondary N) is 2. The van der Waals surface area contributed by atoms with Crippen molar-refractivity contribution in [2.75, 3.05) is 6.54 Å². The fraction of sp³-hybridized carbons (Fsp3) is 0.417. The molecule has 0 aliphatic carbocycles. The number of hydrogen-bond acceptors (Lipinski definition) is 2. The summed E-state index contributed by atoms with van der Waals surface area (Å²) in [6.07, 6.45) is -4.46. The van der Waals surface area contributed by atoms with Gasteiger partial charge in [-0.3, -0.25) is 4.79 Å². The predicted molar refractivity (Wildman–Crippen MR) is 59.8 cm³/mol. The van der Waals surface area contributed by atoms with Crippen LogP contribution in [0.5, 0.6) is 0 Å². The lowest BCUT2D eigenvalue weighted by Crippen LogP contribution is -2.52. The minimum atomic E-state index is -4.46. The van der Waals surface area contributed by atoms with Crippen LogP contribution in [0.3, 0.4) is 0 Å². The van der Waals surface area contributed by atoms with Crippen molar-refractivity contribution in [2.45, 2.75) is 25.2 Å². The largest absolute Gasteiger partial charge is 0.416 e. The summed E-state index contributed by atoms with van der Waals surface area (Å²) < 4.78 is 38.5. The maximum absolute atomic E-state index is 12.8. The molecule has 98 valence electrons. The number of hydrogen-bond donors (Lipinski definition) is 2. The van der Waals surface area contributed by atoms with Crippen LogP contribution in [0, 0.1) is 0 Å². The second-order valence-corrected chi connectivity index (χ2v) is 4.34. The molecule has 0 spiro atoms. The van der Waals surface area contributed by atoms with Gasteiger partial charge >= 0.3 is 6.18 Å². The van der Waals surface area contributed by atoms with Gasteiger partial charge in [0, 0.05) is 12.6 Å². The Labute approximate surface area is 102 Å². The minimum absolute atomic E-state index is 0.0330. The third-order valence-electron chi connectivity index (χ3n) is 2.86. The molecule has 2 atom stereocenters. The first-order valence-electron chi connectivity index (χ1n) is 5.59. The van der Waals surface area contributed by atoms with E-state index in [0.717, 1.165) is 6.07 Å². The maximum Gasteiger partial charge on any atom is 0.416 e. The van der Waals surface area contributed by atoms with E-state index in [1.54, 1.807) is 6.92 Å². The standard InChI is InChI=1S/C12H13F3N2O/c1-7-6-16-10(11(18)17-7)8-4-2-3-5-9(8)12(13,14)15/h2-5,7,10,16H,6H2,1H3,(H,17,18). The zero-order valence-electron chi connectivity index (χ0n) is 9.71. The highest BCUT2D eigenvalue weighted by atomic mass is 19.4. The molecule has 2 N–H and O–H groups in total. The van der Waals surface area contributed by atoms with Crippen LogP contribution < -0.4 is 10.6 Å². The van der Waals surface area contributed by atoms with Gasteiger partial charge in [0.1, 0.15) is 6.04 Å². The summed E-state index contributed by atoms with van der Waals surface area (Å²) in [5.41, 5.74) is -0.804. The molecule has 1 aliphatic rings. The lowest BCUT2D eigenvalue weighted by molar-refractivity contribution is -0.139. The van der Waals surface area contributed by atoms with Crippen LogP contribution in [0.1, 0.15) is 24.1 Å². The molecule has 1 saturated heterocycles. The smallest absolute Gasteiger partial charge is 0.351 e. The molecule has 6 heteroatoms. The molecule has 18 heavy (non-hydrogen) atoms. The van der Waals surface area contributed by atoms with Gasteiger partial charge in [-0.2, -0.15) is 13.2 Å². The van der Waals surface area contributed by atoms with E-state index < -0.39 is 23.7 Å². The van der Waals surface area contributed by atoms with E-state index in [0.29, 0.717) is 6.54 Å². The molecule has 0 saturated carbocycles. The number of carbonyl (C=O) groups excluding carboxylic acids is 1. The van der Waals surface area contributed by atoms with Crippen molar-refractivity contribution in [1.29, 1.82) is 0 Å². The fourth-order valence-electron chi connectivity index (χ4n) is 2.02. The second kappa shape index (κ2) is 4.61. The minimum Gasteiger partial charge on any atom is -0.351 e. The van der Waals surface area contributed by atoms with Gasteiger partial charge in [-0.15, -0.1) is 0 Å². The topological polar surface area (TPSA) is 41.1 Å². The van der Waals surface area contributed by atoms with Gasteiger partial charge in [0.05, 0.1) is 5.56 Å². The Hall–Kier alpha value is -1.56. The monoisotopic (exact) mass is 258 g/mol. The normalized spacial score (nSPS) is 24.8. The molecular formula is C12H13F3N2O. The molecule has 1 heterocycles. The van der Waals surface area contributed by atoms with Crippen LogP contribution in [0.4, 0.5) is 13.2 Å². The molecule has 0 bridgehead atoms. The molecule has 0 aromatic heterocycles. The number of benzene rings is 1. The van der Waals surface area contributed by atoms with E-state index in [2.05, 4.69) is 10.6 Å². The second-order valence-electron chi connectivity index (χ2n) is 4.34. The van der Waals surface area contributed by atoms with Gasteiger partial charge in [-0.05, 0) is 18.6 Å². The van der Waals surface area contributed by atoms with Crippen LogP contribution in [0.25, 0.3) is 0 Å². The molecule has 0 radical (unpaired) electrons. The van der Waals surface area contributed by atoms with Gasteiger partial charge in [0.15, 0.2) is 0 Å². The summed E-state index contributed by atoms with van der Waals surface area (Å²) in [6, 6.07) is 4.11. The maximum atomic E-state index is 12.8. The predicted octanol–water partition coefficient (Wildman–Crippen LogP) is 1.85. The Kier molecular flexibility index (Phi) is 3.30. The molecule has 1 fully saturated rings. The average molecular weight is 258 g/mol. The SMILES string of the molecule is CC1CNC(c2ccccc2C(F)(F)F)C(=O)N1. The highest BCUT2D eigenvalue weighted by Gasteiger charge is 2.37. The number of alkyl halides is 3. The molecule has 1 aromatic carbocycles. The summed E-state index contributed by atoms with van der Waals surface area (Å²) in [5.74, 6) is -0.426. The summed E-state index contributed by atoms with van der Waals surface area (Å²) in [4.78, 5) is 11.7. The van der Waals surface area contributed by atoms with Crippen molar-refractivity contribution in [3.63, 3.8) is 0 Å². The first-order valence-corrected chi connectivity index (χ1v) is 5.59. The van der Waals surface area contributed by atoms with E-state index in [1.165, 1.54) is 18.2 Å². The number of rotatable bonds is 1. The van der Waals surface area contributed by atoms with Crippen molar-refractivity contribution in [3.05, 3.63) is 35.4 Å². The molecule has 1 aliphatic heterocycles. The first kappa shape index (κ1) is 12.9. The Balaban J connectivity index is 2.37. The molecule has 3 nitrogen and oxygen atoms in total. The van der Waals surface area contributed by atoms with Crippen LogP contribution >= 0.6 is 0 Å². The van der Waals surface area contributed by atoms with Gasteiger partial charge < -0.3 is 10.6 Å². The quantitative estimate of drug-likeness (QED) is 0.807. The summed E-state index contributed by atoms with van der Waals surface area (Å²) in [5, 5.41) is 5.47. The van der Waals surface area contributed by atoms with E-state index >= 15 is 0 Å². The summed E-state index contributed by atoms with van der Waals surface area (Å²) >= 11 is 0. The van der Waals surface area contributed by atoms with Gasteiger partial charge in [0.25, 0.3) is 0 Å². The van der Waals surface area contributed by atoms with Crippen molar-refractivity contribution >= 4 is 5.91 Å². The highest BCUT2D eigenvalue weighted by Crippen LogP contribution is 2.34. The number of piperazine rings is 1. The number of carbonyl (C=O) groups is 1. The summed E-state index contributed by atoms with van der Waals surface area (Å²) in [6.45, 7) is 2.24. The average Bonchev–Trinajstić information content (AvgIpc) is 2.28. The zero-order valence-corrected chi connectivity index (χ0v) is 9.71. The van der Waals surface area contributed by atoms with Crippen molar-refractivity contribution in [3.8, 4) is 0 Å². The zero-order chi connectivity index (χ0) is 13.3. The van der Waals surface area contributed by atoms with Crippen LogP contribution in [-0.2, 0) is 11.0 Å². The first-order chi connectivity index (χ1) is 8.39. The van der Waals surface area contributed by atoms with Gasteiger partial charge in [-0.25, -0.2) is 0 Å². The van der Waals surface area contributed by atoms with E-state index in [1.807, 2.05) is 0 Å². The Morgan fingerprint density at radius 3 is 2.56 bits per heavy atom. The van der Waals surface area contributed by atoms with Crippen molar-refractivity contribution in [2.24, 2.45) is 0 Å². The Morgan fingerprint density at radius 2 is 1.94 bits per heavy atom. The molecular weight excluding hydrogens is 245 g/mol. The van der Waals surface area contributed by atoms with Crippen LogP contribution in [-0.4, -0.2) is 18.5 Å². The van der Waals surface area contributed by atoms with Crippen LogP contribution in [0.2, 0.25) is 0 Å². The Morgan fingerprint density at radius 1 is 1.28 bits per heavy atom. The number of amides is 1. The molecule has 2 rings (SSSR count).